The quantitative estimate of drug-likeness (QED) is 0.881. The summed E-state index contributed by atoms with van der Waals surface area (Å²) in [5, 5.41) is 10.1. The van der Waals surface area contributed by atoms with Gasteiger partial charge in [0, 0.05) is 13.1 Å². The summed E-state index contributed by atoms with van der Waals surface area (Å²) < 4.78 is 37.2. The van der Waals surface area contributed by atoms with Crippen molar-refractivity contribution in [1.29, 1.82) is 0 Å². The lowest BCUT2D eigenvalue weighted by atomic mass is 10.1. The number of halogens is 3. The Morgan fingerprint density at radius 1 is 1.00 bits per heavy atom. The zero-order valence-corrected chi connectivity index (χ0v) is 9.95. The summed E-state index contributed by atoms with van der Waals surface area (Å²) >= 11 is 0. The van der Waals surface area contributed by atoms with Crippen LogP contribution in [0.5, 0.6) is 0 Å². The molecule has 0 saturated carbocycles. The number of hydrogen-bond acceptors (Lipinski definition) is 2. The molecule has 1 N–H and O–H groups in total. The van der Waals surface area contributed by atoms with Crippen molar-refractivity contribution < 1.29 is 18.3 Å². The van der Waals surface area contributed by atoms with Gasteiger partial charge in [-0.3, -0.25) is 4.90 Å². The molecule has 0 radical (unpaired) electrons. The van der Waals surface area contributed by atoms with E-state index in [0.29, 0.717) is 5.56 Å². The van der Waals surface area contributed by atoms with Crippen LogP contribution in [0, 0.1) is 0 Å². The Morgan fingerprint density at radius 2 is 1.56 bits per heavy atom. The molecule has 1 saturated heterocycles. The largest absolute Gasteiger partial charge is 0.416 e. The van der Waals surface area contributed by atoms with Gasteiger partial charge in [0.1, 0.15) is 6.23 Å². The molecule has 1 aromatic carbocycles. The molecule has 1 aliphatic rings. The molecule has 1 heterocycles. The fourth-order valence-electron chi connectivity index (χ4n) is 2.22. The molecule has 18 heavy (non-hydrogen) atoms. The molecule has 0 spiro atoms. The number of piperidine rings is 1. The lowest BCUT2D eigenvalue weighted by Crippen LogP contribution is -2.33. The van der Waals surface area contributed by atoms with E-state index in [0.717, 1.165) is 44.5 Å². The maximum Gasteiger partial charge on any atom is 0.416 e. The summed E-state index contributed by atoms with van der Waals surface area (Å²) in [7, 11) is 0. The normalized spacial score (nSPS) is 19.8. The number of aliphatic hydroxyl groups is 1. The van der Waals surface area contributed by atoms with Gasteiger partial charge >= 0.3 is 6.18 Å². The summed E-state index contributed by atoms with van der Waals surface area (Å²) in [5.74, 6) is 0. The van der Waals surface area contributed by atoms with Crippen molar-refractivity contribution in [2.24, 2.45) is 0 Å². The molecule has 1 unspecified atom stereocenters. The van der Waals surface area contributed by atoms with Gasteiger partial charge in [0.15, 0.2) is 0 Å². The van der Waals surface area contributed by atoms with Crippen molar-refractivity contribution in [2.45, 2.75) is 31.7 Å². The fraction of sp³-hybridized carbons (Fsp3) is 0.538. The van der Waals surface area contributed by atoms with Crippen LogP contribution < -0.4 is 0 Å². The predicted molar refractivity (Wildman–Crippen MR) is 61.8 cm³/mol. The molecule has 1 fully saturated rings. The van der Waals surface area contributed by atoms with Gasteiger partial charge in [-0.15, -0.1) is 0 Å². The first-order valence-corrected chi connectivity index (χ1v) is 6.08. The van der Waals surface area contributed by atoms with E-state index in [2.05, 4.69) is 0 Å². The van der Waals surface area contributed by atoms with Crippen LogP contribution in [0.3, 0.4) is 0 Å². The molecule has 1 atom stereocenters. The highest BCUT2D eigenvalue weighted by molar-refractivity contribution is 5.25. The Balaban J connectivity index is 2.09. The van der Waals surface area contributed by atoms with Crippen molar-refractivity contribution in [3.8, 4) is 0 Å². The van der Waals surface area contributed by atoms with E-state index < -0.39 is 18.0 Å². The van der Waals surface area contributed by atoms with Crippen LogP contribution in [0.4, 0.5) is 13.2 Å². The van der Waals surface area contributed by atoms with Crippen molar-refractivity contribution >= 4 is 0 Å². The van der Waals surface area contributed by atoms with Crippen LogP contribution in [0.1, 0.15) is 36.6 Å². The summed E-state index contributed by atoms with van der Waals surface area (Å²) in [4.78, 5) is 1.89. The van der Waals surface area contributed by atoms with Crippen LogP contribution in [0.2, 0.25) is 0 Å². The number of aliphatic hydroxyl groups excluding tert-OH is 1. The lowest BCUT2D eigenvalue weighted by Gasteiger charge is -2.31. The highest BCUT2D eigenvalue weighted by atomic mass is 19.4. The Morgan fingerprint density at radius 3 is 2.06 bits per heavy atom. The van der Waals surface area contributed by atoms with Crippen LogP contribution in [-0.2, 0) is 6.18 Å². The predicted octanol–water partition coefficient (Wildman–Crippen LogP) is 3.18. The Kier molecular flexibility index (Phi) is 3.92. The summed E-state index contributed by atoms with van der Waals surface area (Å²) in [6.07, 6.45) is -1.92. The maximum atomic E-state index is 12.4. The SMILES string of the molecule is OC(c1ccc(C(F)(F)F)cc1)N1CCCCC1. The molecule has 1 aliphatic heterocycles. The van der Waals surface area contributed by atoms with Crippen molar-refractivity contribution in [3.63, 3.8) is 0 Å². The average Bonchev–Trinajstić information content (AvgIpc) is 2.38. The minimum atomic E-state index is -4.32. The van der Waals surface area contributed by atoms with Gasteiger partial charge in [-0.25, -0.2) is 0 Å². The number of hydrogen-bond donors (Lipinski definition) is 1. The summed E-state index contributed by atoms with van der Waals surface area (Å²) in [6.45, 7) is 1.59. The number of likely N-dealkylation sites (tertiary alicyclic amines) is 1. The highest BCUT2D eigenvalue weighted by Gasteiger charge is 2.30. The van der Waals surface area contributed by atoms with Crippen LogP contribution in [0.15, 0.2) is 24.3 Å². The first kappa shape index (κ1) is 13.4. The third kappa shape index (κ3) is 3.03. The second-order valence-electron chi connectivity index (χ2n) is 4.59. The molecular weight excluding hydrogens is 243 g/mol. The molecular formula is C13H16F3NO. The van der Waals surface area contributed by atoms with E-state index in [4.69, 9.17) is 0 Å². The van der Waals surface area contributed by atoms with Crippen LogP contribution >= 0.6 is 0 Å². The molecule has 2 rings (SSSR count). The van der Waals surface area contributed by atoms with Gasteiger partial charge in [0.2, 0.25) is 0 Å². The van der Waals surface area contributed by atoms with Gasteiger partial charge in [-0.1, -0.05) is 18.6 Å². The Bertz CT molecular complexity index is 382. The van der Waals surface area contributed by atoms with E-state index >= 15 is 0 Å². The number of nitrogens with zero attached hydrogens (tertiary/aromatic N) is 1. The number of alkyl halides is 3. The lowest BCUT2D eigenvalue weighted by molar-refractivity contribution is -0.137. The Labute approximate surface area is 104 Å². The first-order valence-electron chi connectivity index (χ1n) is 6.08. The monoisotopic (exact) mass is 259 g/mol. The standard InChI is InChI=1S/C13H16F3NO/c14-13(15,16)11-6-4-10(5-7-11)12(18)17-8-2-1-3-9-17/h4-7,12,18H,1-3,8-9H2. The molecule has 1 aromatic rings. The minimum absolute atomic E-state index is 0.518. The third-order valence-corrected chi connectivity index (χ3v) is 3.27. The Hall–Kier alpha value is -1.07. The molecule has 0 bridgehead atoms. The zero-order chi connectivity index (χ0) is 13.2. The molecule has 0 amide bonds. The van der Waals surface area contributed by atoms with Crippen LogP contribution in [0.25, 0.3) is 0 Å². The number of rotatable bonds is 2. The smallest absolute Gasteiger partial charge is 0.374 e. The first-order chi connectivity index (χ1) is 8.48. The molecule has 2 nitrogen and oxygen atoms in total. The van der Waals surface area contributed by atoms with Crippen molar-refractivity contribution in [2.75, 3.05) is 13.1 Å². The third-order valence-electron chi connectivity index (χ3n) is 3.27. The van der Waals surface area contributed by atoms with Crippen molar-refractivity contribution in [1.82, 2.24) is 4.90 Å². The van der Waals surface area contributed by atoms with Crippen LogP contribution in [-0.4, -0.2) is 23.1 Å². The van der Waals surface area contributed by atoms with Crippen molar-refractivity contribution in [3.05, 3.63) is 35.4 Å². The van der Waals surface area contributed by atoms with Gasteiger partial charge in [-0.2, -0.15) is 13.2 Å². The minimum Gasteiger partial charge on any atom is -0.374 e. The zero-order valence-electron chi connectivity index (χ0n) is 9.95. The number of benzene rings is 1. The van der Waals surface area contributed by atoms with E-state index in [1.54, 1.807) is 0 Å². The topological polar surface area (TPSA) is 23.5 Å². The second kappa shape index (κ2) is 5.28. The summed E-state index contributed by atoms with van der Waals surface area (Å²) in [6, 6.07) is 4.73. The molecule has 0 aromatic heterocycles. The van der Waals surface area contributed by atoms with Gasteiger partial charge < -0.3 is 5.11 Å². The molecule has 100 valence electrons. The van der Waals surface area contributed by atoms with E-state index in [9.17, 15) is 18.3 Å². The van der Waals surface area contributed by atoms with E-state index in [1.165, 1.54) is 12.1 Å². The molecule has 5 heteroatoms. The van der Waals surface area contributed by atoms with E-state index in [-0.39, 0.29) is 0 Å². The summed E-state index contributed by atoms with van der Waals surface area (Å²) in [5.41, 5.74) is -0.165. The highest BCUT2D eigenvalue weighted by Crippen LogP contribution is 2.30. The van der Waals surface area contributed by atoms with Gasteiger partial charge in [0.25, 0.3) is 0 Å². The fourth-order valence-corrected chi connectivity index (χ4v) is 2.22. The average molecular weight is 259 g/mol. The maximum absolute atomic E-state index is 12.4. The second-order valence-corrected chi connectivity index (χ2v) is 4.59. The van der Waals surface area contributed by atoms with Gasteiger partial charge in [-0.05, 0) is 30.5 Å². The van der Waals surface area contributed by atoms with E-state index in [1.807, 2.05) is 4.90 Å². The molecule has 0 aliphatic carbocycles. The van der Waals surface area contributed by atoms with Gasteiger partial charge in [0.05, 0.1) is 5.56 Å².